The van der Waals surface area contributed by atoms with Gasteiger partial charge >= 0.3 is 0 Å². The molecule has 1 nitrogen and oxygen atoms in total. The van der Waals surface area contributed by atoms with Crippen LogP contribution in [0.2, 0.25) is 0 Å². The van der Waals surface area contributed by atoms with Crippen LogP contribution in [0.5, 0.6) is 0 Å². The Hall–Kier alpha value is -0.630. The topological polar surface area (TPSA) is 12.9 Å². The minimum atomic E-state index is 0.479. The van der Waals surface area contributed by atoms with E-state index in [1.54, 1.807) is 12.4 Å². The van der Waals surface area contributed by atoms with E-state index in [9.17, 15) is 0 Å². The summed E-state index contributed by atoms with van der Waals surface area (Å²) >= 11 is 3.44. The first-order valence-corrected chi connectivity index (χ1v) is 5.03. The molecule has 1 heterocycles. The predicted molar refractivity (Wildman–Crippen MR) is 56.2 cm³/mol. The number of allylic oxidation sites excluding steroid dienone is 1. The molecule has 0 radical (unpaired) electrons. The molecule has 0 aromatic carbocycles. The summed E-state index contributed by atoms with van der Waals surface area (Å²) in [4.78, 5) is 3.96. The molecule has 0 amide bonds. The molecule has 0 N–H and O–H groups in total. The highest BCUT2D eigenvalue weighted by molar-refractivity contribution is 9.09. The van der Waals surface area contributed by atoms with Crippen LogP contribution in [-0.2, 0) is 0 Å². The van der Waals surface area contributed by atoms with Gasteiger partial charge in [0, 0.05) is 17.7 Å². The first-order valence-electron chi connectivity index (χ1n) is 3.91. The first-order chi connectivity index (χ1) is 5.75. The maximum absolute atomic E-state index is 4.04. The van der Waals surface area contributed by atoms with Crippen molar-refractivity contribution in [2.24, 2.45) is 5.92 Å². The Balaban J connectivity index is 2.79. The van der Waals surface area contributed by atoms with E-state index in [-0.39, 0.29) is 0 Å². The Morgan fingerprint density at radius 3 is 2.67 bits per heavy atom. The Bertz CT molecular complexity index is 256. The number of nitrogens with zero attached hydrogens (tertiary/aromatic N) is 1. The van der Waals surface area contributed by atoms with Crippen LogP contribution in [0.4, 0.5) is 0 Å². The molecule has 0 spiro atoms. The second-order valence-electron chi connectivity index (χ2n) is 2.82. The highest BCUT2D eigenvalue weighted by Gasteiger charge is 2.05. The zero-order valence-electron chi connectivity index (χ0n) is 7.13. The van der Waals surface area contributed by atoms with Crippen LogP contribution < -0.4 is 0 Å². The van der Waals surface area contributed by atoms with E-state index in [0.29, 0.717) is 5.92 Å². The molecule has 1 aromatic heterocycles. The fraction of sp³-hybridized carbons (Fsp3) is 0.300. The second kappa shape index (κ2) is 4.41. The third-order valence-electron chi connectivity index (χ3n) is 1.88. The van der Waals surface area contributed by atoms with Crippen molar-refractivity contribution in [3.8, 4) is 0 Å². The third-order valence-corrected chi connectivity index (χ3v) is 2.85. The van der Waals surface area contributed by atoms with Gasteiger partial charge in [-0.3, -0.25) is 4.98 Å². The van der Waals surface area contributed by atoms with Crippen molar-refractivity contribution in [3.63, 3.8) is 0 Å². The van der Waals surface area contributed by atoms with E-state index in [2.05, 4.69) is 34.4 Å². The van der Waals surface area contributed by atoms with Crippen LogP contribution >= 0.6 is 15.9 Å². The normalized spacial score (nSPS) is 12.5. The van der Waals surface area contributed by atoms with Gasteiger partial charge in [0.2, 0.25) is 0 Å². The summed E-state index contributed by atoms with van der Waals surface area (Å²) in [5.41, 5.74) is 2.34. The summed E-state index contributed by atoms with van der Waals surface area (Å²) < 4.78 is 0. The fourth-order valence-corrected chi connectivity index (χ4v) is 1.33. The number of pyridine rings is 1. The summed E-state index contributed by atoms with van der Waals surface area (Å²) in [6.07, 6.45) is 3.59. The van der Waals surface area contributed by atoms with Crippen LogP contribution in [-0.4, -0.2) is 10.3 Å². The molecular weight excluding hydrogens is 214 g/mol. The zero-order chi connectivity index (χ0) is 8.97. The third kappa shape index (κ3) is 2.18. The van der Waals surface area contributed by atoms with E-state index in [4.69, 9.17) is 0 Å². The van der Waals surface area contributed by atoms with Crippen molar-refractivity contribution in [1.29, 1.82) is 0 Å². The molecule has 1 aromatic rings. The monoisotopic (exact) mass is 225 g/mol. The van der Waals surface area contributed by atoms with E-state index in [1.807, 2.05) is 12.1 Å². The maximum atomic E-state index is 4.04. The van der Waals surface area contributed by atoms with Crippen LogP contribution in [0.3, 0.4) is 0 Å². The molecule has 0 saturated heterocycles. The van der Waals surface area contributed by atoms with Crippen LogP contribution in [0, 0.1) is 5.92 Å². The van der Waals surface area contributed by atoms with Gasteiger partial charge in [-0.1, -0.05) is 29.4 Å². The molecule has 0 saturated carbocycles. The SMILES string of the molecule is C=C(c1ccncc1)C(C)CBr. The summed E-state index contributed by atoms with van der Waals surface area (Å²) in [6, 6.07) is 3.98. The van der Waals surface area contributed by atoms with Gasteiger partial charge in [-0.05, 0) is 29.2 Å². The number of alkyl halides is 1. The van der Waals surface area contributed by atoms with Gasteiger partial charge in [0.15, 0.2) is 0 Å². The second-order valence-corrected chi connectivity index (χ2v) is 3.46. The lowest BCUT2D eigenvalue weighted by Gasteiger charge is -2.10. The molecule has 1 atom stereocenters. The molecular formula is C10H12BrN. The maximum Gasteiger partial charge on any atom is 0.0273 e. The molecule has 0 aliphatic rings. The lowest BCUT2D eigenvalue weighted by Crippen LogP contribution is -1.98. The molecule has 0 aliphatic carbocycles. The molecule has 0 bridgehead atoms. The summed E-state index contributed by atoms with van der Waals surface area (Å²) in [5, 5.41) is 0.953. The highest BCUT2D eigenvalue weighted by Crippen LogP contribution is 2.21. The van der Waals surface area contributed by atoms with Gasteiger partial charge in [0.1, 0.15) is 0 Å². The highest BCUT2D eigenvalue weighted by atomic mass is 79.9. The molecule has 0 fully saturated rings. The minimum absolute atomic E-state index is 0.479. The van der Waals surface area contributed by atoms with E-state index in [1.165, 1.54) is 5.56 Å². The van der Waals surface area contributed by atoms with Crippen molar-refractivity contribution < 1.29 is 0 Å². The number of hydrogen-bond donors (Lipinski definition) is 0. The van der Waals surface area contributed by atoms with Gasteiger partial charge in [-0.2, -0.15) is 0 Å². The average Bonchev–Trinajstić information content (AvgIpc) is 2.17. The van der Waals surface area contributed by atoms with Gasteiger partial charge in [0.05, 0.1) is 0 Å². The molecule has 2 heteroatoms. The number of aromatic nitrogens is 1. The Kier molecular flexibility index (Phi) is 3.48. The molecule has 12 heavy (non-hydrogen) atoms. The predicted octanol–water partition coefficient (Wildman–Crippen LogP) is 3.13. The number of hydrogen-bond acceptors (Lipinski definition) is 1. The Morgan fingerprint density at radius 2 is 2.17 bits per heavy atom. The fourth-order valence-electron chi connectivity index (χ4n) is 0.944. The quantitative estimate of drug-likeness (QED) is 0.721. The molecule has 64 valence electrons. The molecule has 1 rings (SSSR count). The summed E-state index contributed by atoms with van der Waals surface area (Å²) in [6.45, 7) is 6.19. The van der Waals surface area contributed by atoms with E-state index >= 15 is 0 Å². The van der Waals surface area contributed by atoms with Crippen molar-refractivity contribution in [2.75, 3.05) is 5.33 Å². The van der Waals surface area contributed by atoms with Gasteiger partial charge in [-0.15, -0.1) is 0 Å². The summed E-state index contributed by atoms with van der Waals surface area (Å²) in [5.74, 6) is 0.479. The van der Waals surface area contributed by atoms with E-state index < -0.39 is 0 Å². The van der Waals surface area contributed by atoms with Crippen LogP contribution in [0.15, 0.2) is 31.1 Å². The van der Waals surface area contributed by atoms with Gasteiger partial charge < -0.3 is 0 Å². The van der Waals surface area contributed by atoms with Crippen LogP contribution in [0.1, 0.15) is 12.5 Å². The molecule has 0 aliphatic heterocycles. The smallest absolute Gasteiger partial charge is 0.0273 e. The van der Waals surface area contributed by atoms with Crippen molar-refractivity contribution >= 4 is 21.5 Å². The Labute approximate surface area is 81.7 Å². The van der Waals surface area contributed by atoms with Crippen molar-refractivity contribution in [2.45, 2.75) is 6.92 Å². The van der Waals surface area contributed by atoms with Crippen molar-refractivity contribution in [3.05, 3.63) is 36.7 Å². The van der Waals surface area contributed by atoms with Gasteiger partial charge in [-0.25, -0.2) is 0 Å². The minimum Gasteiger partial charge on any atom is -0.265 e. The molecule has 1 unspecified atom stereocenters. The van der Waals surface area contributed by atoms with Gasteiger partial charge in [0.25, 0.3) is 0 Å². The zero-order valence-corrected chi connectivity index (χ0v) is 8.71. The lowest BCUT2D eigenvalue weighted by atomic mass is 9.98. The van der Waals surface area contributed by atoms with E-state index in [0.717, 1.165) is 10.9 Å². The average molecular weight is 226 g/mol. The first kappa shape index (κ1) is 9.46. The lowest BCUT2D eigenvalue weighted by molar-refractivity contribution is 0.880. The van der Waals surface area contributed by atoms with Crippen molar-refractivity contribution in [1.82, 2.24) is 4.98 Å². The number of halogens is 1. The standard InChI is InChI=1S/C10H12BrN/c1-8(7-11)9(2)10-3-5-12-6-4-10/h3-6,8H,2,7H2,1H3. The number of rotatable bonds is 3. The van der Waals surface area contributed by atoms with Crippen LogP contribution in [0.25, 0.3) is 5.57 Å². The summed E-state index contributed by atoms with van der Waals surface area (Å²) in [7, 11) is 0. The largest absolute Gasteiger partial charge is 0.265 e. The Morgan fingerprint density at radius 1 is 1.58 bits per heavy atom.